The molecule has 0 aromatic heterocycles. The van der Waals surface area contributed by atoms with Gasteiger partial charge in [0.25, 0.3) is 5.69 Å². The molecule has 2 rings (SSSR count). The van der Waals surface area contributed by atoms with Crippen molar-refractivity contribution in [2.24, 2.45) is 0 Å². The van der Waals surface area contributed by atoms with Gasteiger partial charge >= 0.3 is 0 Å². The Hall–Kier alpha value is -2.60. The van der Waals surface area contributed by atoms with E-state index >= 15 is 0 Å². The molecule has 0 aliphatic rings. The second-order valence-corrected chi connectivity index (χ2v) is 4.06. The Morgan fingerprint density at radius 2 is 1.68 bits per heavy atom. The summed E-state index contributed by atoms with van der Waals surface area (Å²) in [5.74, 6) is 5.86. The fourth-order valence-electron chi connectivity index (χ4n) is 1.75. The van der Waals surface area contributed by atoms with Crippen molar-refractivity contribution in [1.29, 1.82) is 0 Å². The molecule has 0 fully saturated rings. The number of benzene rings is 2. The van der Waals surface area contributed by atoms with Crippen molar-refractivity contribution in [3.8, 4) is 11.8 Å². The van der Waals surface area contributed by atoms with Crippen molar-refractivity contribution >= 4 is 5.69 Å². The third-order valence-electron chi connectivity index (χ3n) is 2.71. The largest absolute Gasteiger partial charge is 0.284 e. The Bertz CT molecular complexity index is 624. The van der Waals surface area contributed by atoms with E-state index < -0.39 is 4.92 Å². The van der Waals surface area contributed by atoms with Crippen LogP contribution in [0.25, 0.3) is 0 Å². The van der Waals surface area contributed by atoms with E-state index in [1.807, 2.05) is 30.3 Å². The number of hydrogen-bond donors (Lipinski definition) is 0. The molecule has 0 atom stereocenters. The first-order valence-electron chi connectivity index (χ1n) is 6.03. The average Bonchev–Trinajstić information content (AvgIpc) is 2.45. The van der Waals surface area contributed by atoms with E-state index in [1.54, 1.807) is 18.2 Å². The summed E-state index contributed by atoms with van der Waals surface area (Å²) in [6, 6.07) is 16.6. The third-order valence-corrected chi connectivity index (χ3v) is 2.71. The number of hydrogen-bond acceptors (Lipinski definition) is 2. The zero-order valence-electron chi connectivity index (χ0n) is 10.4. The molecule has 0 saturated heterocycles. The average molecular weight is 251 g/mol. The van der Waals surface area contributed by atoms with Crippen LogP contribution in [-0.4, -0.2) is 4.92 Å². The van der Waals surface area contributed by atoms with Gasteiger partial charge in [0.15, 0.2) is 0 Å². The SMILES string of the molecule is O=[N+]([O-])c1ccccc1C#CCCc1ccccc1. The molecule has 94 valence electrons. The molecule has 19 heavy (non-hydrogen) atoms. The van der Waals surface area contributed by atoms with Gasteiger partial charge in [-0.3, -0.25) is 10.1 Å². The molecule has 3 nitrogen and oxygen atoms in total. The lowest BCUT2D eigenvalue weighted by Crippen LogP contribution is -1.91. The highest BCUT2D eigenvalue weighted by molar-refractivity contribution is 5.50. The summed E-state index contributed by atoms with van der Waals surface area (Å²) in [7, 11) is 0. The van der Waals surface area contributed by atoms with E-state index in [9.17, 15) is 10.1 Å². The lowest BCUT2D eigenvalue weighted by atomic mass is 10.1. The second kappa shape index (κ2) is 6.36. The minimum Gasteiger partial charge on any atom is -0.258 e. The highest BCUT2D eigenvalue weighted by Gasteiger charge is 2.09. The predicted molar refractivity (Wildman–Crippen MR) is 74.7 cm³/mol. The quantitative estimate of drug-likeness (QED) is 0.475. The molecule has 0 aliphatic carbocycles. The first-order valence-corrected chi connectivity index (χ1v) is 6.03. The molecule has 0 amide bonds. The molecule has 2 aromatic rings. The van der Waals surface area contributed by atoms with Crippen molar-refractivity contribution in [1.82, 2.24) is 0 Å². The number of nitro groups is 1. The van der Waals surface area contributed by atoms with E-state index in [0.29, 0.717) is 12.0 Å². The number of nitrogens with zero attached hydrogens (tertiary/aromatic N) is 1. The Morgan fingerprint density at radius 1 is 1.00 bits per heavy atom. The highest BCUT2D eigenvalue weighted by Crippen LogP contribution is 2.16. The van der Waals surface area contributed by atoms with Crippen LogP contribution in [0.15, 0.2) is 54.6 Å². The lowest BCUT2D eigenvalue weighted by molar-refractivity contribution is -0.385. The van der Waals surface area contributed by atoms with Crippen LogP contribution in [0.1, 0.15) is 17.5 Å². The predicted octanol–water partition coefficient (Wildman–Crippen LogP) is 3.58. The van der Waals surface area contributed by atoms with Gasteiger partial charge in [0.2, 0.25) is 0 Å². The first-order chi connectivity index (χ1) is 9.27. The standard InChI is InChI=1S/C16H13NO2/c18-17(19)16-13-7-6-12-15(16)11-5-4-10-14-8-2-1-3-9-14/h1-3,6-9,12-13H,4,10H2. The maximum absolute atomic E-state index is 10.8. The van der Waals surface area contributed by atoms with Crippen LogP contribution in [0.4, 0.5) is 5.69 Å². The molecule has 0 bridgehead atoms. The minimum atomic E-state index is -0.402. The van der Waals surface area contributed by atoms with Gasteiger partial charge in [0.1, 0.15) is 5.56 Å². The van der Waals surface area contributed by atoms with Crippen LogP contribution < -0.4 is 0 Å². The van der Waals surface area contributed by atoms with Crippen molar-refractivity contribution in [3.05, 3.63) is 75.8 Å². The van der Waals surface area contributed by atoms with Gasteiger partial charge in [-0.1, -0.05) is 54.3 Å². The molecule has 2 aromatic carbocycles. The van der Waals surface area contributed by atoms with E-state index in [-0.39, 0.29) is 5.69 Å². The molecular formula is C16H13NO2. The number of para-hydroxylation sites is 1. The summed E-state index contributed by atoms with van der Waals surface area (Å²) < 4.78 is 0. The molecule has 0 N–H and O–H groups in total. The monoisotopic (exact) mass is 251 g/mol. The van der Waals surface area contributed by atoms with Crippen molar-refractivity contribution < 1.29 is 4.92 Å². The van der Waals surface area contributed by atoms with Crippen molar-refractivity contribution in [2.75, 3.05) is 0 Å². The normalized spacial score (nSPS) is 9.47. The summed E-state index contributed by atoms with van der Waals surface area (Å²) in [6.07, 6.45) is 1.55. The summed E-state index contributed by atoms with van der Waals surface area (Å²) in [5, 5.41) is 10.8. The number of nitro benzene ring substituents is 1. The fourth-order valence-corrected chi connectivity index (χ4v) is 1.75. The maximum atomic E-state index is 10.8. The molecular weight excluding hydrogens is 238 g/mol. The molecule has 0 heterocycles. The number of rotatable bonds is 3. The van der Waals surface area contributed by atoms with Gasteiger partial charge in [0, 0.05) is 12.5 Å². The summed E-state index contributed by atoms with van der Waals surface area (Å²) >= 11 is 0. The van der Waals surface area contributed by atoms with Gasteiger partial charge in [-0.2, -0.15) is 0 Å². The van der Waals surface area contributed by atoms with Crippen LogP contribution in [0.5, 0.6) is 0 Å². The van der Waals surface area contributed by atoms with Crippen LogP contribution in [0, 0.1) is 22.0 Å². The van der Waals surface area contributed by atoms with Crippen molar-refractivity contribution in [2.45, 2.75) is 12.8 Å². The topological polar surface area (TPSA) is 43.1 Å². The highest BCUT2D eigenvalue weighted by atomic mass is 16.6. The van der Waals surface area contributed by atoms with Gasteiger partial charge in [-0.05, 0) is 18.1 Å². The molecule has 0 radical (unpaired) electrons. The van der Waals surface area contributed by atoms with Crippen LogP contribution in [0.3, 0.4) is 0 Å². The Kier molecular flexibility index (Phi) is 4.30. The Morgan fingerprint density at radius 3 is 2.42 bits per heavy atom. The maximum Gasteiger partial charge on any atom is 0.284 e. The molecule has 0 spiro atoms. The zero-order valence-corrected chi connectivity index (χ0v) is 10.4. The van der Waals surface area contributed by atoms with Gasteiger partial charge in [0.05, 0.1) is 4.92 Å². The third kappa shape index (κ3) is 3.68. The molecule has 3 heteroatoms. The summed E-state index contributed by atoms with van der Waals surface area (Å²) in [4.78, 5) is 10.4. The van der Waals surface area contributed by atoms with Gasteiger partial charge < -0.3 is 0 Å². The minimum absolute atomic E-state index is 0.0645. The lowest BCUT2D eigenvalue weighted by Gasteiger charge is -1.95. The van der Waals surface area contributed by atoms with E-state index in [2.05, 4.69) is 11.8 Å². The van der Waals surface area contributed by atoms with Gasteiger partial charge in [-0.15, -0.1) is 0 Å². The molecule has 0 saturated carbocycles. The first kappa shape index (κ1) is 12.8. The summed E-state index contributed by atoms with van der Waals surface area (Å²) in [6.45, 7) is 0. The number of aryl methyl sites for hydroxylation is 1. The second-order valence-electron chi connectivity index (χ2n) is 4.06. The van der Waals surface area contributed by atoms with Crippen molar-refractivity contribution in [3.63, 3.8) is 0 Å². The van der Waals surface area contributed by atoms with Crippen LogP contribution in [-0.2, 0) is 6.42 Å². The van der Waals surface area contributed by atoms with Gasteiger partial charge in [-0.25, -0.2) is 0 Å². The van der Waals surface area contributed by atoms with E-state index in [1.165, 1.54) is 11.6 Å². The molecule has 0 unspecified atom stereocenters. The Balaban J connectivity index is 2.03. The van der Waals surface area contributed by atoms with Crippen LogP contribution >= 0.6 is 0 Å². The fraction of sp³-hybridized carbons (Fsp3) is 0.125. The molecule has 0 aliphatic heterocycles. The zero-order chi connectivity index (χ0) is 13.5. The Labute approximate surface area is 112 Å². The van der Waals surface area contributed by atoms with E-state index in [4.69, 9.17) is 0 Å². The van der Waals surface area contributed by atoms with E-state index in [0.717, 1.165) is 6.42 Å². The smallest absolute Gasteiger partial charge is 0.258 e. The summed E-state index contributed by atoms with van der Waals surface area (Å²) in [5.41, 5.74) is 1.76. The van der Waals surface area contributed by atoms with Crippen LogP contribution in [0.2, 0.25) is 0 Å².